The second-order valence-corrected chi connectivity index (χ2v) is 6.78. The molecule has 0 radical (unpaired) electrons. The minimum atomic E-state index is -0.925. The van der Waals surface area contributed by atoms with Crippen molar-refractivity contribution in [2.24, 2.45) is 7.05 Å². The average Bonchev–Trinajstić information content (AvgIpc) is 3.11. The number of carbonyl (C=O) groups excluding carboxylic acids is 2. The molecule has 1 aliphatic heterocycles. The summed E-state index contributed by atoms with van der Waals surface area (Å²) in [5, 5.41) is 16.3. The van der Waals surface area contributed by atoms with Gasteiger partial charge in [0, 0.05) is 37.1 Å². The van der Waals surface area contributed by atoms with E-state index < -0.39 is 17.9 Å². The first kappa shape index (κ1) is 18.8. The van der Waals surface area contributed by atoms with Gasteiger partial charge in [-0.1, -0.05) is 6.07 Å². The van der Waals surface area contributed by atoms with Crippen LogP contribution in [0.4, 0.5) is 5.69 Å². The molecule has 2 amide bonds. The monoisotopic (exact) mass is 395 g/mol. The maximum absolute atomic E-state index is 12.1. The number of aliphatic hydroxyl groups excluding tert-OH is 1. The molecular weight excluding hydrogens is 374 g/mol. The van der Waals surface area contributed by atoms with Gasteiger partial charge < -0.3 is 29.8 Å². The van der Waals surface area contributed by atoms with Crippen LogP contribution in [0.25, 0.3) is 10.9 Å². The number of carbonyl (C=O) groups is 2. The topological polar surface area (TPSA) is 102 Å². The fourth-order valence-electron chi connectivity index (χ4n) is 3.20. The van der Waals surface area contributed by atoms with Crippen molar-refractivity contribution >= 4 is 28.4 Å². The second kappa shape index (κ2) is 7.84. The molecule has 29 heavy (non-hydrogen) atoms. The molecule has 2 aromatic carbocycles. The zero-order valence-electron chi connectivity index (χ0n) is 15.8. The molecule has 1 aliphatic rings. The molecular formula is C21H21N3O5. The maximum Gasteiger partial charge on any atom is 0.313 e. The van der Waals surface area contributed by atoms with Crippen LogP contribution in [0.1, 0.15) is 11.7 Å². The Morgan fingerprint density at radius 3 is 2.69 bits per heavy atom. The van der Waals surface area contributed by atoms with Gasteiger partial charge in [0.15, 0.2) is 11.5 Å². The SMILES string of the molecule is Cn1ccc2cc([C@@H](O)CNC(=O)C(=O)Nc3ccc4c(c3)OCCO4)ccc21. The lowest BCUT2D eigenvalue weighted by Crippen LogP contribution is -2.37. The summed E-state index contributed by atoms with van der Waals surface area (Å²) in [5.41, 5.74) is 2.13. The number of amides is 2. The normalized spacial score (nSPS) is 13.7. The van der Waals surface area contributed by atoms with E-state index in [0.29, 0.717) is 36.0 Å². The lowest BCUT2D eigenvalue weighted by molar-refractivity contribution is -0.136. The van der Waals surface area contributed by atoms with Gasteiger partial charge in [0.2, 0.25) is 0 Å². The van der Waals surface area contributed by atoms with E-state index in [0.717, 1.165) is 10.9 Å². The summed E-state index contributed by atoms with van der Waals surface area (Å²) in [4.78, 5) is 24.2. The van der Waals surface area contributed by atoms with Crippen LogP contribution in [0.2, 0.25) is 0 Å². The number of anilines is 1. The smallest absolute Gasteiger partial charge is 0.313 e. The highest BCUT2D eigenvalue weighted by Crippen LogP contribution is 2.32. The number of aryl methyl sites for hydroxylation is 1. The fourth-order valence-corrected chi connectivity index (χ4v) is 3.20. The van der Waals surface area contributed by atoms with Gasteiger partial charge >= 0.3 is 11.8 Å². The first-order valence-electron chi connectivity index (χ1n) is 9.23. The highest BCUT2D eigenvalue weighted by Gasteiger charge is 2.18. The summed E-state index contributed by atoms with van der Waals surface area (Å²) >= 11 is 0. The molecule has 1 atom stereocenters. The fraction of sp³-hybridized carbons (Fsp3) is 0.238. The first-order chi connectivity index (χ1) is 14.0. The van der Waals surface area contributed by atoms with Crippen LogP contribution >= 0.6 is 0 Å². The van der Waals surface area contributed by atoms with Crippen LogP contribution in [0, 0.1) is 0 Å². The molecule has 3 aromatic rings. The number of nitrogens with zero attached hydrogens (tertiary/aromatic N) is 1. The van der Waals surface area contributed by atoms with Crippen LogP contribution in [0.3, 0.4) is 0 Å². The molecule has 8 nitrogen and oxygen atoms in total. The summed E-state index contributed by atoms with van der Waals surface area (Å²) in [7, 11) is 1.94. The van der Waals surface area contributed by atoms with Gasteiger partial charge in [0.25, 0.3) is 0 Å². The van der Waals surface area contributed by atoms with Crippen molar-refractivity contribution in [2.45, 2.75) is 6.10 Å². The molecule has 0 aliphatic carbocycles. The molecule has 150 valence electrons. The second-order valence-electron chi connectivity index (χ2n) is 6.78. The Morgan fingerprint density at radius 1 is 1.07 bits per heavy atom. The van der Waals surface area contributed by atoms with Gasteiger partial charge in [0.05, 0.1) is 6.10 Å². The number of hydrogen-bond donors (Lipinski definition) is 3. The van der Waals surface area contributed by atoms with Gasteiger partial charge in [-0.05, 0) is 41.3 Å². The summed E-state index contributed by atoms with van der Waals surface area (Å²) in [6.45, 7) is 0.823. The third-order valence-electron chi connectivity index (χ3n) is 4.76. The molecule has 2 heterocycles. The molecule has 1 aromatic heterocycles. The largest absolute Gasteiger partial charge is 0.486 e. The van der Waals surface area contributed by atoms with E-state index in [1.165, 1.54) is 0 Å². The number of aromatic nitrogens is 1. The third-order valence-corrected chi connectivity index (χ3v) is 4.76. The van der Waals surface area contributed by atoms with E-state index in [4.69, 9.17) is 9.47 Å². The standard InChI is InChI=1S/C21H21N3O5/c1-24-7-6-13-10-14(2-4-16(13)24)17(25)12-22-20(26)21(27)23-15-3-5-18-19(11-15)29-9-8-28-18/h2-7,10-11,17,25H,8-9,12H2,1H3,(H,22,26)(H,23,27)/t17-/m0/s1. The third kappa shape index (κ3) is 4.02. The summed E-state index contributed by atoms with van der Waals surface area (Å²) < 4.78 is 12.9. The summed E-state index contributed by atoms with van der Waals surface area (Å²) in [5.74, 6) is -0.550. The molecule has 0 spiro atoms. The first-order valence-corrected chi connectivity index (χ1v) is 9.23. The van der Waals surface area contributed by atoms with E-state index in [-0.39, 0.29) is 6.54 Å². The van der Waals surface area contributed by atoms with Crippen LogP contribution in [-0.2, 0) is 16.6 Å². The zero-order valence-corrected chi connectivity index (χ0v) is 15.8. The molecule has 0 saturated heterocycles. The van der Waals surface area contributed by atoms with Gasteiger partial charge in [0.1, 0.15) is 13.2 Å². The van der Waals surface area contributed by atoms with Gasteiger partial charge in [-0.3, -0.25) is 9.59 Å². The Balaban J connectivity index is 1.34. The van der Waals surface area contributed by atoms with Crippen molar-refractivity contribution in [3.05, 3.63) is 54.2 Å². The molecule has 8 heteroatoms. The van der Waals surface area contributed by atoms with E-state index in [1.807, 2.05) is 36.0 Å². The van der Waals surface area contributed by atoms with Crippen LogP contribution in [-0.4, -0.2) is 41.2 Å². The molecule has 0 saturated carbocycles. The van der Waals surface area contributed by atoms with E-state index in [1.54, 1.807) is 24.3 Å². The number of ether oxygens (including phenoxy) is 2. The Kier molecular flexibility index (Phi) is 5.09. The number of nitrogens with one attached hydrogen (secondary N) is 2. The van der Waals surface area contributed by atoms with Crippen molar-refractivity contribution in [3.8, 4) is 11.5 Å². The van der Waals surface area contributed by atoms with E-state index >= 15 is 0 Å². The predicted octanol–water partition coefficient (Wildman–Crippen LogP) is 1.74. The Morgan fingerprint density at radius 2 is 1.86 bits per heavy atom. The van der Waals surface area contributed by atoms with Crippen LogP contribution in [0.15, 0.2) is 48.7 Å². The van der Waals surface area contributed by atoms with Crippen molar-refractivity contribution in [3.63, 3.8) is 0 Å². The lowest BCUT2D eigenvalue weighted by Gasteiger charge is -2.19. The Bertz CT molecular complexity index is 1080. The van der Waals surface area contributed by atoms with Crippen molar-refractivity contribution < 1.29 is 24.2 Å². The number of rotatable bonds is 4. The van der Waals surface area contributed by atoms with Crippen molar-refractivity contribution in [2.75, 3.05) is 25.1 Å². The van der Waals surface area contributed by atoms with E-state index in [9.17, 15) is 14.7 Å². The molecule has 4 rings (SSSR count). The van der Waals surface area contributed by atoms with E-state index in [2.05, 4.69) is 10.6 Å². The highest BCUT2D eigenvalue weighted by molar-refractivity contribution is 6.39. The molecule has 0 fully saturated rings. The lowest BCUT2D eigenvalue weighted by atomic mass is 10.1. The van der Waals surface area contributed by atoms with Crippen molar-refractivity contribution in [1.82, 2.24) is 9.88 Å². The Hall–Kier alpha value is -3.52. The zero-order chi connectivity index (χ0) is 20.4. The number of benzene rings is 2. The predicted molar refractivity (Wildman–Crippen MR) is 107 cm³/mol. The number of fused-ring (bicyclic) bond motifs is 2. The maximum atomic E-state index is 12.1. The Labute approximate surface area is 167 Å². The van der Waals surface area contributed by atoms with Crippen molar-refractivity contribution in [1.29, 1.82) is 0 Å². The minimum absolute atomic E-state index is 0.0776. The minimum Gasteiger partial charge on any atom is -0.486 e. The molecule has 0 unspecified atom stereocenters. The summed E-state index contributed by atoms with van der Waals surface area (Å²) in [6, 6.07) is 12.4. The van der Waals surface area contributed by atoms with Gasteiger partial charge in [-0.2, -0.15) is 0 Å². The number of aliphatic hydroxyl groups is 1. The quantitative estimate of drug-likeness (QED) is 0.584. The summed E-state index contributed by atoms with van der Waals surface area (Å²) in [6.07, 6.45) is 1.01. The van der Waals surface area contributed by atoms with Crippen LogP contribution < -0.4 is 20.1 Å². The van der Waals surface area contributed by atoms with Crippen LogP contribution in [0.5, 0.6) is 11.5 Å². The highest BCUT2D eigenvalue weighted by atomic mass is 16.6. The molecule has 0 bridgehead atoms. The van der Waals surface area contributed by atoms with Gasteiger partial charge in [-0.15, -0.1) is 0 Å². The average molecular weight is 395 g/mol. The number of hydrogen-bond acceptors (Lipinski definition) is 5. The molecule has 3 N–H and O–H groups in total. The van der Waals surface area contributed by atoms with Gasteiger partial charge in [-0.25, -0.2) is 0 Å².